The highest BCUT2D eigenvalue weighted by atomic mass is 16.6. The van der Waals surface area contributed by atoms with E-state index >= 15 is 0 Å². The molecule has 4 rings (SSSR count). The number of fused-ring (bicyclic) bond motifs is 1. The number of carbonyl (C=O) groups is 1. The third kappa shape index (κ3) is 4.72. The fraction of sp³-hybridized carbons (Fsp3) is 0.367. The minimum Gasteiger partial charge on any atom is -0.441 e. The van der Waals surface area contributed by atoms with Gasteiger partial charge in [0.05, 0.1) is 5.56 Å². The Labute approximate surface area is 209 Å². The lowest BCUT2D eigenvalue weighted by molar-refractivity contribution is 0.0251. The summed E-state index contributed by atoms with van der Waals surface area (Å²) in [6.45, 7) is 12.2. The van der Waals surface area contributed by atoms with Crippen LogP contribution in [0.4, 0.5) is 17.1 Å². The van der Waals surface area contributed by atoms with E-state index in [1.165, 1.54) is 0 Å². The molecule has 0 aromatic heterocycles. The molecular weight excluding hydrogens is 434 g/mol. The van der Waals surface area contributed by atoms with Crippen molar-refractivity contribution in [3.8, 4) is 0 Å². The Hall–Kier alpha value is -3.47. The molecule has 5 heteroatoms. The number of rotatable bonds is 11. The summed E-state index contributed by atoms with van der Waals surface area (Å²) in [6.07, 6.45) is 2.12. The molecule has 0 spiro atoms. The van der Waals surface area contributed by atoms with Gasteiger partial charge in [-0.05, 0) is 63.1 Å². The van der Waals surface area contributed by atoms with Crippen LogP contribution in [0.25, 0.3) is 0 Å². The zero-order valence-electron chi connectivity index (χ0n) is 21.4. The lowest BCUT2D eigenvalue weighted by Gasteiger charge is -2.31. The number of esters is 1. The highest BCUT2D eigenvalue weighted by Crippen LogP contribution is 2.48. The molecule has 1 aliphatic heterocycles. The second kappa shape index (κ2) is 10.9. The van der Waals surface area contributed by atoms with E-state index in [0.717, 1.165) is 72.8 Å². The standard InChI is InChI=1S/C30H37N3O2/c1-5-19-31-24-13-9-22(10-14-24)30(23-11-15-25(16-12-23)32-20-6-2)28-18-17-26(33(7-3)8-4)21-27(28)29(34)35-30/h9-18,21,31-32H,5-8,19-20H2,1-4H3. The SMILES string of the molecule is CCCNc1ccc(C2(c3ccc(NCCC)cc3)OC(=O)c3cc(N(CC)CC)ccc32)cc1. The molecule has 0 unspecified atom stereocenters. The molecule has 0 aliphatic carbocycles. The van der Waals surface area contributed by atoms with E-state index < -0.39 is 5.60 Å². The van der Waals surface area contributed by atoms with Gasteiger partial charge in [0.1, 0.15) is 0 Å². The summed E-state index contributed by atoms with van der Waals surface area (Å²) < 4.78 is 6.34. The van der Waals surface area contributed by atoms with Crippen molar-refractivity contribution in [3.05, 3.63) is 89.0 Å². The van der Waals surface area contributed by atoms with Crippen molar-refractivity contribution in [1.29, 1.82) is 0 Å². The largest absolute Gasteiger partial charge is 0.441 e. The van der Waals surface area contributed by atoms with Crippen molar-refractivity contribution in [3.63, 3.8) is 0 Å². The van der Waals surface area contributed by atoms with Crippen LogP contribution in [-0.2, 0) is 10.3 Å². The van der Waals surface area contributed by atoms with Crippen LogP contribution in [-0.4, -0.2) is 32.1 Å². The lowest BCUT2D eigenvalue weighted by Crippen LogP contribution is -2.29. The first kappa shape index (κ1) is 24.6. The molecule has 0 fully saturated rings. The average molecular weight is 472 g/mol. The number of cyclic esters (lactones) is 1. The fourth-order valence-corrected chi connectivity index (χ4v) is 4.82. The molecule has 0 saturated heterocycles. The number of hydrogen-bond acceptors (Lipinski definition) is 5. The van der Waals surface area contributed by atoms with Crippen LogP contribution in [0.15, 0.2) is 66.7 Å². The van der Waals surface area contributed by atoms with Crippen LogP contribution in [0.1, 0.15) is 67.6 Å². The van der Waals surface area contributed by atoms with Crippen LogP contribution < -0.4 is 15.5 Å². The summed E-state index contributed by atoms with van der Waals surface area (Å²) in [7, 11) is 0. The van der Waals surface area contributed by atoms with Crippen LogP contribution in [0, 0.1) is 0 Å². The summed E-state index contributed by atoms with van der Waals surface area (Å²) >= 11 is 0. The number of nitrogens with one attached hydrogen (secondary N) is 2. The molecule has 1 heterocycles. The summed E-state index contributed by atoms with van der Waals surface area (Å²) in [5.74, 6) is -0.282. The van der Waals surface area contributed by atoms with Crippen molar-refractivity contribution in [2.24, 2.45) is 0 Å². The first-order valence-corrected chi connectivity index (χ1v) is 12.9. The predicted octanol–water partition coefficient (Wildman–Crippen LogP) is 6.64. The average Bonchev–Trinajstić information content (AvgIpc) is 3.20. The van der Waals surface area contributed by atoms with Crippen molar-refractivity contribution in [1.82, 2.24) is 0 Å². The van der Waals surface area contributed by atoms with Gasteiger partial charge >= 0.3 is 5.97 Å². The number of hydrogen-bond donors (Lipinski definition) is 2. The molecule has 184 valence electrons. The summed E-state index contributed by atoms with van der Waals surface area (Å²) in [5, 5.41) is 6.86. The molecular formula is C30H37N3O2. The van der Waals surface area contributed by atoms with Gasteiger partial charge in [-0.3, -0.25) is 0 Å². The molecule has 35 heavy (non-hydrogen) atoms. The number of ether oxygens (including phenoxy) is 1. The third-order valence-electron chi connectivity index (χ3n) is 6.72. The van der Waals surface area contributed by atoms with Crippen LogP contribution in [0.3, 0.4) is 0 Å². The number of anilines is 3. The Morgan fingerprint density at radius 3 is 1.71 bits per heavy atom. The maximum absolute atomic E-state index is 13.3. The van der Waals surface area contributed by atoms with Gasteiger partial charge in [0.2, 0.25) is 0 Å². The van der Waals surface area contributed by atoms with Crippen LogP contribution in [0.2, 0.25) is 0 Å². The smallest absolute Gasteiger partial charge is 0.340 e. The molecule has 5 nitrogen and oxygen atoms in total. The molecule has 0 bridgehead atoms. The molecule has 1 aliphatic rings. The fourth-order valence-electron chi connectivity index (χ4n) is 4.82. The molecule has 0 radical (unpaired) electrons. The summed E-state index contributed by atoms with van der Waals surface area (Å²) in [6, 6.07) is 22.7. The zero-order chi connectivity index (χ0) is 24.8. The monoisotopic (exact) mass is 471 g/mol. The van der Waals surface area contributed by atoms with E-state index in [1.807, 2.05) is 6.07 Å². The zero-order valence-corrected chi connectivity index (χ0v) is 21.4. The first-order chi connectivity index (χ1) is 17.1. The van der Waals surface area contributed by atoms with Crippen molar-refractivity contribution in [2.75, 3.05) is 41.7 Å². The van der Waals surface area contributed by atoms with Crippen molar-refractivity contribution < 1.29 is 9.53 Å². The van der Waals surface area contributed by atoms with Crippen molar-refractivity contribution in [2.45, 2.75) is 46.1 Å². The Balaban J connectivity index is 1.83. The topological polar surface area (TPSA) is 53.6 Å². The van der Waals surface area contributed by atoms with Gasteiger partial charge in [-0.1, -0.05) is 44.2 Å². The second-order valence-corrected chi connectivity index (χ2v) is 8.98. The minimum absolute atomic E-state index is 0.282. The molecule has 3 aromatic carbocycles. The van der Waals surface area contributed by atoms with E-state index in [0.29, 0.717) is 5.56 Å². The second-order valence-electron chi connectivity index (χ2n) is 8.98. The molecule has 3 aromatic rings. The van der Waals surface area contributed by atoms with Gasteiger partial charge in [-0.2, -0.15) is 0 Å². The minimum atomic E-state index is -0.985. The molecule has 2 N–H and O–H groups in total. The third-order valence-corrected chi connectivity index (χ3v) is 6.72. The van der Waals surface area contributed by atoms with Gasteiger partial charge in [0.15, 0.2) is 5.60 Å². The van der Waals surface area contributed by atoms with Gasteiger partial charge in [-0.15, -0.1) is 0 Å². The van der Waals surface area contributed by atoms with Gasteiger partial charge in [-0.25, -0.2) is 4.79 Å². The van der Waals surface area contributed by atoms with E-state index in [9.17, 15) is 4.79 Å². The summed E-state index contributed by atoms with van der Waals surface area (Å²) in [4.78, 5) is 15.6. The van der Waals surface area contributed by atoms with Crippen LogP contribution in [0.5, 0.6) is 0 Å². The van der Waals surface area contributed by atoms with E-state index in [4.69, 9.17) is 4.74 Å². The molecule has 0 amide bonds. The predicted molar refractivity (Wildman–Crippen MR) is 146 cm³/mol. The highest BCUT2D eigenvalue weighted by molar-refractivity contribution is 5.97. The molecule has 0 atom stereocenters. The summed E-state index contributed by atoms with van der Waals surface area (Å²) in [5.41, 5.74) is 5.59. The Morgan fingerprint density at radius 1 is 0.743 bits per heavy atom. The number of nitrogens with zero attached hydrogens (tertiary/aromatic N) is 1. The van der Waals surface area contributed by atoms with Gasteiger partial charge in [0.25, 0.3) is 0 Å². The van der Waals surface area contributed by atoms with Crippen LogP contribution >= 0.6 is 0 Å². The van der Waals surface area contributed by atoms with Crippen molar-refractivity contribution >= 4 is 23.0 Å². The highest BCUT2D eigenvalue weighted by Gasteiger charge is 2.48. The normalized spacial score (nSPS) is 13.8. The first-order valence-electron chi connectivity index (χ1n) is 12.9. The van der Waals surface area contributed by atoms with E-state index in [1.54, 1.807) is 0 Å². The van der Waals surface area contributed by atoms with E-state index in [2.05, 4.69) is 104 Å². The molecule has 0 saturated carbocycles. The van der Waals surface area contributed by atoms with E-state index in [-0.39, 0.29) is 5.97 Å². The quantitative estimate of drug-likeness (QED) is 0.307. The number of carbonyl (C=O) groups excluding carboxylic acids is 1. The van der Waals surface area contributed by atoms with Gasteiger partial charge < -0.3 is 20.3 Å². The Kier molecular flexibility index (Phi) is 7.64. The Bertz CT molecular complexity index is 1080. The maximum Gasteiger partial charge on any atom is 0.340 e. The van der Waals surface area contributed by atoms with Gasteiger partial charge in [0, 0.05) is 59.9 Å². The number of benzene rings is 3. The maximum atomic E-state index is 13.3. The Morgan fingerprint density at radius 2 is 1.26 bits per heavy atom. The lowest BCUT2D eigenvalue weighted by atomic mass is 9.79.